The largest absolute Gasteiger partial charge is 0.330 e. The van der Waals surface area contributed by atoms with Gasteiger partial charge in [-0.15, -0.1) is 5.53 Å². The summed E-state index contributed by atoms with van der Waals surface area (Å²) in [4.78, 5) is 19.3. The first-order valence-corrected chi connectivity index (χ1v) is 9.45. The number of aryl methyl sites for hydroxylation is 1. The fraction of sp³-hybridized carbons (Fsp3) is 0.263. The van der Waals surface area contributed by atoms with E-state index in [4.69, 9.17) is 23.2 Å². The summed E-state index contributed by atoms with van der Waals surface area (Å²) >= 11 is 12.3. The van der Waals surface area contributed by atoms with Gasteiger partial charge in [0.15, 0.2) is 0 Å². The van der Waals surface area contributed by atoms with Gasteiger partial charge in [0.05, 0.1) is 33.0 Å². The molecule has 1 atom stereocenters. The molecule has 0 unspecified atom stereocenters. The second kappa shape index (κ2) is 7.03. The highest BCUT2D eigenvalue weighted by Gasteiger charge is 2.37. The van der Waals surface area contributed by atoms with Crippen molar-refractivity contribution < 1.29 is 4.79 Å². The number of nitrogens with one attached hydrogen (secondary N) is 2. The number of carbonyl (C=O) groups excluding carboxylic acids is 1. The number of benzene rings is 1. The molecule has 2 aliphatic rings. The summed E-state index contributed by atoms with van der Waals surface area (Å²) in [7, 11) is 0. The Morgan fingerprint density at radius 2 is 2.11 bits per heavy atom. The summed E-state index contributed by atoms with van der Waals surface area (Å²) in [6.07, 6.45) is 2.48. The highest BCUT2D eigenvalue weighted by Crippen LogP contribution is 2.33. The van der Waals surface area contributed by atoms with Crippen LogP contribution in [0.2, 0.25) is 10.0 Å². The molecular weight excluding hydrogens is 385 g/mol. The van der Waals surface area contributed by atoms with Gasteiger partial charge in [0.25, 0.3) is 5.91 Å². The summed E-state index contributed by atoms with van der Waals surface area (Å²) in [5.74, 6) is 0.688. The van der Waals surface area contributed by atoms with Gasteiger partial charge >= 0.3 is 0 Å². The number of hydrogen-bond donors (Lipinski definition) is 2. The first-order valence-electron chi connectivity index (χ1n) is 8.70. The van der Waals surface area contributed by atoms with E-state index >= 15 is 0 Å². The van der Waals surface area contributed by atoms with E-state index in [0.717, 1.165) is 22.8 Å². The Balaban J connectivity index is 1.62. The molecular formula is C19H19Cl2N5O. The van der Waals surface area contributed by atoms with Crippen LogP contribution in [0.5, 0.6) is 0 Å². The summed E-state index contributed by atoms with van der Waals surface area (Å²) < 4.78 is 0. The van der Waals surface area contributed by atoms with Gasteiger partial charge in [-0.2, -0.15) is 0 Å². The van der Waals surface area contributed by atoms with E-state index in [2.05, 4.69) is 15.9 Å². The Morgan fingerprint density at radius 1 is 1.30 bits per heavy atom. The lowest BCUT2D eigenvalue weighted by atomic mass is 10.0. The van der Waals surface area contributed by atoms with Gasteiger partial charge in [-0.3, -0.25) is 4.79 Å². The molecule has 2 N–H and O–H groups in total. The van der Waals surface area contributed by atoms with Crippen LogP contribution in [-0.4, -0.2) is 28.4 Å². The van der Waals surface area contributed by atoms with Gasteiger partial charge < -0.3 is 10.3 Å². The third kappa shape index (κ3) is 3.14. The molecule has 4 rings (SSSR count). The van der Waals surface area contributed by atoms with Crippen molar-refractivity contribution in [1.82, 2.24) is 20.8 Å². The third-order valence-electron chi connectivity index (χ3n) is 4.93. The van der Waals surface area contributed by atoms with Crippen LogP contribution in [0.4, 0.5) is 5.82 Å². The number of aromatic nitrogens is 1. The third-order valence-corrected chi connectivity index (χ3v) is 5.75. The molecule has 1 amide bonds. The van der Waals surface area contributed by atoms with Crippen LogP contribution in [-0.2, 0) is 0 Å². The van der Waals surface area contributed by atoms with E-state index in [9.17, 15) is 4.79 Å². The molecule has 0 spiro atoms. The zero-order valence-corrected chi connectivity index (χ0v) is 16.5. The van der Waals surface area contributed by atoms with Crippen LogP contribution in [0, 0.1) is 6.92 Å². The number of nitrogens with zero attached hydrogens (tertiary/aromatic N) is 3. The fourth-order valence-electron chi connectivity index (χ4n) is 3.48. The molecule has 6 nitrogen and oxygen atoms in total. The summed E-state index contributed by atoms with van der Waals surface area (Å²) in [5.41, 5.74) is 9.95. The molecule has 0 bridgehead atoms. The lowest BCUT2D eigenvalue weighted by Crippen LogP contribution is -2.45. The molecule has 2 aliphatic heterocycles. The molecule has 0 aliphatic carbocycles. The van der Waals surface area contributed by atoms with E-state index < -0.39 is 0 Å². The molecule has 3 heterocycles. The monoisotopic (exact) mass is 403 g/mol. The Labute approximate surface area is 167 Å². The minimum Gasteiger partial charge on any atom is -0.330 e. The highest BCUT2D eigenvalue weighted by atomic mass is 35.5. The molecule has 0 saturated carbocycles. The molecule has 0 saturated heterocycles. The zero-order chi connectivity index (χ0) is 19.1. The van der Waals surface area contributed by atoms with Crippen LogP contribution in [0.3, 0.4) is 0 Å². The second-order valence-electron chi connectivity index (χ2n) is 6.65. The predicted molar refractivity (Wildman–Crippen MR) is 106 cm³/mol. The molecule has 27 heavy (non-hydrogen) atoms. The maximum absolute atomic E-state index is 13.1. The second-order valence-corrected chi connectivity index (χ2v) is 7.44. The van der Waals surface area contributed by atoms with Crippen molar-refractivity contribution in [2.24, 2.45) is 0 Å². The summed E-state index contributed by atoms with van der Waals surface area (Å²) in [6, 6.07) is 8.95. The number of amides is 1. The minimum absolute atomic E-state index is 0.129. The van der Waals surface area contributed by atoms with E-state index in [1.807, 2.05) is 31.0 Å². The van der Waals surface area contributed by atoms with Gasteiger partial charge in [-0.05, 0) is 43.7 Å². The van der Waals surface area contributed by atoms with Gasteiger partial charge in [0.1, 0.15) is 5.82 Å². The minimum atomic E-state index is -0.140. The van der Waals surface area contributed by atoms with Gasteiger partial charge in [-0.1, -0.05) is 29.3 Å². The average molecular weight is 404 g/mol. The normalized spacial score (nSPS) is 19.2. The maximum atomic E-state index is 13.1. The molecule has 0 radical (unpaired) electrons. The summed E-state index contributed by atoms with van der Waals surface area (Å²) in [6.45, 7) is 4.60. The number of hydrogen-bond acceptors (Lipinski definition) is 5. The summed E-state index contributed by atoms with van der Waals surface area (Å²) in [5, 5.41) is 2.61. The Morgan fingerprint density at radius 3 is 2.89 bits per heavy atom. The molecule has 1 aromatic carbocycles. The number of anilines is 1. The average Bonchev–Trinajstić information content (AvgIpc) is 3.09. The number of rotatable bonds is 2. The van der Waals surface area contributed by atoms with Crippen LogP contribution < -0.4 is 16.0 Å². The molecule has 1 aromatic heterocycles. The van der Waals surface area contributed by atoms with Crippen LogP contribution in [0.25, 0.3) is 0 Å². The fourth-order valence-corrected chi connectivity index (χ4v) is 3.86. The number of hydrazine groups is 2. The lowest BCUT2D eigenvalue weighted by molar-refractivity contribution is 0.0703. The molecule has 140 valence electrons. The van der Waals surface area contributed by atoms with Crippen LogP contribution in [0.15, 0.2) is 47.9 Å². The number of carbonyl (C=O) groups is 1. The van der Waals surface area contributed by atoms with Crippen molar-refractivity contribution in [2.45, 2.75) is 26.3 Å². The van der Waals surface area contributed by atoms with Crippen LogP contribution in [0.1, 0.15) is 29.3 Å². The molecule has 8 heteroatoms. The standard InChI is InChI=1S/C19H19Cl2N5O/c1-11-6-8-22-16(10-11)26-15-7-9-25(12(2)18(15)23-24-26)19(27)13-4-3-5-14(20)17(13)21/h3-6,8,10,12,23-24H,7,9H2,1-2H3/t12-/m1/s1. The Bertz CT molecular complexity index is 945. The van der Waals surface area contributed by atoms with Crippen molar-refractivity contribution in [3.63, 3.8) is 0 Å². The predicted octanol–water partition coefficient (Wildman–Crippen LogP) is 3.67. The van der Waals surface area contributed by atoms with Crippen molar-refractivity contribution in [1.29, 1.82) is 0 Å². The van der Waals surface area contributed by atoms with Gasteiger partial charge in [-0.25, -0.2) is 9.99 Å². The first kappa shape index (κ1) is 18.1. The van der Waals surface area contributed by atoms with E-state index in [1.165, 1.54) is 0 Å². The van der Waals surface area contributed by atoms with Crippen molar-refractivity contribution >= 4 is 34.9 Å². The molecule has 0 fully saturated rings. The quantitative estimate of drug-likeness (QED) is 0.800. The van der Waals surface area contributed by atoms with E-state index in [-0.39, 0.29) is 11.9 Å². The maximum Gasteiger partial charge on any atom is 0.255 e. The topological polar surface area (TPSA) is 60.5 Å². The highest BCUT2D eigenvalue weighted by molar-refractivity contribution is 6.43. The number of pyridine rings is 1. The first-order chi connectivity index (χ1) is 13.0. The zero-order valence-electron chi connectivity index (χ0n) is 15.0. The smallest absolute Gasteiger partial charge is 0.255 e. The van der Waals surface area contributed by atoms with E-state index in [1.54, 1.807) is 29.3 Å². The Kier molecular flexibility index (Phi) is 4.72. The molecule has 2 aromatic rings. The number of halogens is 2. The SMILES string of the molecule is Cc1ccnc(N2NNC3=C2CCN(C(=O)c2cccc(Cl)c2Cl)[C@@H]3C)c1. The van der Waals surface area contributed by atoms with Gasteiger partial charge in [0, 0.05) is 19.2 Å². The Hall–Kier alpha value is -2.28. The van der Waals surface area contributed by atoms with Crippen LogP contribution >= 0.6 is 23.2 Å². The van der Waals surface area contributed by atoms with Gasteiger partial charge in [0.2, 0.25) is 0 Å². The van der Waals surface area contributed by atoms with Crippen molar-refractivity contribution in [3.8, 4) is 0 Å². The van der Waals surface area contributed by atoms with Crippen molar-refractivity contribution in [3.05, 3.63) is 69.1 Å². The van der Waals surface area contributed by atoms with Crippen molar-refractivity contribution in [2.75, 3.05) is 11.6 Å². The van der Waals surface area contributed by atoms with E-state index in [0.29, 0.717) is 28.6 Å². The lowest BCUT2D eigenvalue weighted by Gasteiger charge is -2.35.